The van der Waals surface area contributed by atoms with Gasteiger partial charge in [-0.15, -0.1) is 0 Å². The Morgan fingerprint density at radius 1 is 1.06 bits per heavy atom. The summed E-state index contributed by atoms with van der Waals surface area (Å²) in [5.41, 5.74) is 1.57. The number of hydrogen-bond acceptors (Lipinski definition) is 6. The molecule has 1 aliphatic rings. The van der Waals surface area contributed by atoms with Gasteiger partial charge in [-0.2, -0.15) is 0 Å². The summed E-state index contributed by atoms with van der Waals surface area (Å²) in [5.74, 6) is -0.551. The largest absolute Gasteiger partial charge is 0.497 e. The summed E-state index contributed by atoms with van der Waals surface area (Å²) in [6.07, 6.45) is -0.0458. The van der Waals surface area contributed by atoms with Crippen molar-refractivity contribution in [2.45, 2.75) is 19.4 Å². The predicted octanol–water partition coefficient (Wildman–Crippen LogP) is 3.31. The first-order valence-electron chi connectivity index (χ1n) is 9.93. The molecule has 1 aliphatic heterocycles. The molecule has 2 aromatic carbocycles. The molecule has 0 saturated heterocycles. The standard InChI is InChI=1S/C23H23ClN2O6/c1-3-31-22(28)20-18(13-32-19(27)12-15-6-4-5-7-17(15)24)25-23(29)26-21(20)14-8-10-16(30-2)11-9-14/h4-11,21H,3,12-13H2,1-2H3,(H2,25,26,29)/t21-/m1/s1. The van der Waals surface area contributed by atoms with E-state index in [1.807, 2.05) is 0 Å². The summed E-state index contributed by atoms with van der Waals surface area (Å²) in [7, 11) is 1.54. The van der Waals surface area contributed by atoms with Crippen LogP contribution < -0.4 is 15.4 Å². The molecule has 0 radical (unpaired) electrons. The molecule has 2 N–H and O–H groups in total. The van der Waals surface area contributed by atoms with Crippen molar-refractivity contribution in [1.29, 1.82) is 0 Å². The van der Waals surface area contributed by atoms with E-state index >= 15 is 0 Å². The van der Waals surface area contributed by atoms with Crippen molar-refractivity contribution < 1.29 is 28.6 Å². The number of carbonyl (C=O) groups excluding carboxylic acids is 3. The van der Waals surface area contributed by atoms with Gasteiger partial charge in [-0.05, 0) is 36.2 Å². The fourth-order valence-corrected chi connectivity index (χ4v) is 3.43. The SMILES string of the molecule is CCOC(=O)C1=C(COC(=O)Cc2ccccc2Cl)NC(=O)N[C@@H]1c1ccc(OC)cc1. The monoisotopic (exact) mass is 458 g/mol. The lowest BCUT2D eigenvalue weighted by Gasteiger charge is -2.29. The van der Waals surface area contributed by atoms with Crippen molar-refractivity contribution in [3.05, 3.63) is 76.0 Å². The van der Waals surface area contributed by atoms with Gasteiger partial charge in [0.05, 0.1) is 37.4 Å². The van der Waals surface area contributed by atoms with Crippen LogP contribution in [0.2, 0.25) is 5.02 Å². The zero-order valence-electron chi connectivity index (χ0n) is 17.6. The van der Waals surface area contributed by atoms with Crippen molar-refractivity contribution in [1.82, 2.24) is 10.6 Å². The number of nitrogens with one attached hydrogen (secondary N) is 2. The second kappa shape index (κ2) is 10.7. The number of halogens is 1. The average Bonchev–Trinajstić information content (AvgIpc) is 2.79. The van der Waals surface area contributed by atoms with Gasteiger partial charge < -0.3 is 24.8 Å². The van der Waals surface area contributed by atoms with E-state index in [4.69, 9.17) is 25.8 Å². The van der Waals surface area contributed by atoms with E-state index in [1.54, 1.807) is 62.6 Å². The number of amides is 2. The smallest absolute Gasteiger partial charge is 0.338 e. The Bertz CT molecular complexity index is 1040. The number of esters is 2. The number of rotatable bonds is 8. The Hall–Kier alpha value is -3.52. The summed E-state index contributed by atoms with van der Waals surface area (Å²) in [5, 5.41) is 5.73. The van der Waals surface area contributed by atoms with Crippen LogP contribution in [0.4, 0.5) is 4.79 Å². The van der Waals surface area contributed by atoms with E-state index in [-0.39, 0.29) is 30.9 Å². The molecule has 0 bridgehead atoms. The van der Waals surface area contributed by atoms with Gasteiger partial charge in [-0.25, -0.2) is 9.59 Å². The predicted molar refractivity (Wildman–Crippen MR) is 117 cm³/mol. The second-order valence-electron chi connectivity index (χ2n) is 6.85. The molecule has 9 heteroatoms. The van der Waals surface area contributed by atoms with Crippen LogP contribution in [0.1, 0.15) is 24.1 Å². The van der Waals surface area contributed by atoms with Crippen molar-refractivity contribution in [2.75, 3.05) is 20.3 Å². The number of ether oxygens (including phenoxy) is 3. The molecule has 0 fully saturated rings. The zero-order valence-corrected chi connectivity index (χ0v) is 18.4. The molecule has 0 saturated carbocycles. The van der Waals surface area contributed by atoms with E-state index in [9.17, 15) is 14.4 Å². The van der Waals surface area contributed by atoms with Crippen molar-refractivity contribution in [2.24, 2.45) is 0 Å². The highest BCUT2D eigenvalue weighted by atomic mass is 35.5. The van der Waals surface area contributed by atoms with Crippen molar-refractivity contribution in [3.8, 4) is 5.75 Å². The maximum absolute atomic E-state index is 12.7. The first-order valence-corrected chi connectivity index (χ1v) is 10.3. The molecule has 3 rings (SSSR count). The third kappa shape index (κ3) is 5.59. The van der Waals surface area contributed by atoms with Crippen LogP contribution in [0.3, 0.4) is 0 Å². The van der Waals surface area contributed by atoms with E-state index in [0.29, 0.717) is 21.9 Å². The van der Waals surface area contributed by atoms with Crippen LogP contribution in [-0.4, -0.2) is 38.3 Å². The molecule has 1 heterocycles. The van der Waals surface area contributed by atoms with E-state index in [0.717, 1.165) is 0 Å². The molecular weight excluding hydrogens is 436 g/mol. The first kappa shape index (κ1) is 23.1. The van der Waals surface area contributed by atoms with Gasteiger partial charge in [0.25, 0.3) is 0 Å². The molecule has 2 amide bonds. The van der Waals surface area contributed by atoms with Crippen molar-refractivity contribution >= 4 is 29.6 Å². The minimum absolute atomic E-state index is 0.0458. The van der Waals surface area contributed by atoms with Crippen LogP contribution in [0.25, 0.3) is 0 Å². The molecule has 0 aliphatic carbocycles. The van der Waals surface area contributed by atoms with Crippen molar-refractivity contribution in [3.63, 3.8) is 0 Å². The maximum atomic E-state index is 12.7. The van der Waals surface area contributed by atoms with Gasteiger partial charge in [0.2, 0.25) is 0 Å². The Morgan fingerprint density at radius 2 is 1.78 bits per heavy atom. The third-order valence-corrected chi connectivity index (χ3v) is 5.14. The van der Waals surface area contributed by atoms with Crippen LogP contribution in [0, 0.1) is 0 Å². The number of urea groups is 1. The van der Waals surface area contributed by atoms with Crippen LogP contribution in [0.15, 0.2) is 59.8 Å². The van der Waals surface area contributed by atoms with E-state index in [1.165, 1.54) is 0 Å². The topological polar surface area (TPSA) is 103 Å². The zero-order chi connectivity index (χ0) is 23.1. The quantitative estimate of drug-likeness (QED) is 0.588. The van der Waals surface area contributed by atoms with Gasteiger partial charge in [-0.1, -0.05) is 41.9 Å². The number of carbonyl (C=O) groups is 3. The summed E-state index contributed by atoms with van der Waals surface area (Å²) in [6.45, 7) is 1.52. The molecule has 2 aromatic rings. The van der Waals surface area contributed by atoms with Crippen LogP contribution >= 0.6 is 11.6 Å². The molecule has 1 atom stereocenters. The number of hydrogen-bond donors (Lipinski definition) is 2. The molecule has 8 nitrogen and oxygen atoms in total. The van der Waals surface area contributed by atoms with Gasteiger partial charge in [0.15, 0.2) is 0 Å². The molecule has 168 valence electrons. The average molecular weight is 459 g/mol. The molecular formula is C23H23ClN2O6. The Morgan fingerprint density at radius 3 is 2.44 bits per heavy atom. The van der Waals surface area contributed by atoms with Gasteiger partial charge in [-0.3, -0.25) is 4.79 Å². The fourth-order valence-electron chi connectivity index (χ4n) is 3.23. The van der Waals surface area contributed by atoms with Gasteiger partial charge >= 0.3 is 18.0 Å². The second-order valence-corrected chi connectivity index (χ2v) is 7.25. The first-order chi connectivity index (χ1) is 15.4. The van der Waals surface area contributed by atoms with E-state index < -0.39 is 24.0 Å². The maximum Gasteiger partial charge on any atom is 0.338 e. The normalized spacial score (nSPS) is 15.5. The Labute approximate surface area is 190 Å². The number of benzene rings is 2. The number of methoxy groups -OCH3 is 1. The Kier molecular flexibility index (Phi) is 7.72. The lowest BCUT2D eigenvalue weighted by Crippen LogP contribution is -2.47. The molecule has 0 spiro atoms. The minimum atomic E-state index is -0.786. The highest BCUT2D eigenvalue weighted by Crippen LogP contribution is 2.29. The van der Waals surface area contributed by atoms with E-state index in [2.05, 4.69) is 10.6 Å². The van der Waals surface area contributed by atoms with Gasteiger partial charge in [0.1, 0.15) is 12.4 Å². The summed E-state index contributed by atoms with van der Waals surface area (Å²) >= 11 is 6.09. The Balaban J connectivity index is 1.85. The lowest BCUT2D eigenvalue weighted by molar-refractivity contribution is -0.143. The lowest BCUT2D eigenvalue weighted by atomic mass is 9.95. The summed E-state index contributed by atoms with van der Waals surface area (Å²) in [6, 6.07) is 12.5. The summed E-state index contributed by atoms with van der Waals surface area (Å²) < 4.78 is 15.7. The molecule has 32 heavy (non-hydrogen) atoms. The highest BCUT2D eigenvalue weighted by molar-refractivity contribution is 6.31. The third-order valence-electron chi connectivity index (χ3n) is 4.77. The van der Waals surface area contributed by atoms with Gasteiger partial charge in [0, 0.05) is 5.02 Å². The highest BCUT2D eigenvalue weighted by Gasteiger charge is 2.34. The van der Waals surface area contributed by atoms with Crippen LogP contribution in [-0.2, 0) is 25.5 Å². The minimum Gasteiger partial charge on any atom is -0.497 e. The summed E-state index contributed by atoms with van der Waals surface area (Å²) in [4.78, 5) is 37.4. The van der Waals surface area contributed by atoms with Crippen LogP contribution in [0.5, 0.6) is 5.75 Å². The molecule has 0 aromatic heterocycles. The molecule has 0 unspecified atom stereocenters. The fraction of sp³-hybridized carbons (Fsp3) is 0.261.